The number of ether oxygens (including phenoxy) is 4. The average Bonchev–Trinajstić information content (AvgIpc) is 3.49. The van der Waals surface area contributed by atoms with E-state index in [9.17, 15) is 34.1 Å². The Morgan fingerprint density at radius 1 is 0.750 bits per heavy atom. The van der Waals surface area contributed by atoms with Crippen molar-refractivity contribution in [1.82, 2.24) is 0 Å². The van der Waals surface area contributed by atoms with Crippen molar-refractivity contribution in [2.24, 2.45) is 0 Å². The molecule has 0 atom stereocenters. The zero-order valence-electron chi connectivity index (χ0n) is 29.5. The van der Waals surface area contributed by atoms with Gasteiger partial charge in [0.15, 0.2) is 0 Å². The average molecular weight is 769 g/mol. The zero-order chi connectivity index (χ0) is 38.1. The molecular formula is C36H36N2O11S3. The van der Waals surface area contributed by atoms with Gasteiger partial charge < -0.3 is 18.9 Å². The molecule has 3 aliphatic rings. The zero-order valence-corrected chi connectivity index (χ0v) is 31.9. The predicted molar refractivity (Wildman–Crippen MR) is 198 cm³/mol. The summed E-state index contributed by atoms with van der Waals surface area (Å²) in [6, 6.07) is 10.6. The molecular weight excluding hydrogens is 733 g/mol. The van der Waals surface area contributed by atoms with Crippen LogP contribution in [0.2, 0.25) is 0 Å². The fraction of sp³-hybridized carbons (Fsp3) is 0.361. The van der Waals surface area contributed by atoms with Crippen molar-refractivity contribution in [1.29, 1.82) is 0 Å². The molecule has 5 rings (SSSR count). The minimum absolute atomic E-state index is 0.0100. The highest BCUT2D eigenvalue weighted by molar-refractivity contribution is 8.26. The number of carbonyl (C=O) groups excluding carboxylic acids is 5. The number of benzene rings is 2. The van der Waals surface area contributed by atoms with Gasteiger partial charge in [0.05, 0.1) is 48.2 Å². The van der Waals surface area contributed by atoms with Crippen molar-refractivity contribution in [3.8, 4) is 0 Å². The van der Waals surface area contributed by atoms with Gasteiger partial charge in [-0.3, -0.25) is 19.8 Å². The highest BCUT2D eigenvalue weighted by Crippen LogP contribution is 2.71. The lowest BCUT2D eigenvalue weighted by molar-refractivity contribution is -0.384. The van der Waals surface area contributed by atoms with Crippen LogP contribution in [0.4, 0.5) is 11.4 Å². The van der Waals surface area contributed by atoms with Crippen molar-refractivity contribution >= 4 is 82.0 Å². The second-order valence-corrected chi connectivity index (χ2v) is 15.6. The Kier molecular flexibility index (Phi) is 11.3. The number of nitro benzene ring substituents is 1. The summed E-state index contributed by atoms with van der Waals surface area (Å²) in [5.41, 5.74) is 0.700. The summed E-state index contributed by atoms with van der Waals surface area (Å²) in [6.45, 7) is 11.7. The Bertz CT molecular complexity index is 1950. The minimum Gasteiger partial charge on any atom is -0.463 e. The van der Waals surface area contributed by atoms with Gasteiger partial charge in [-0.1, -0.05) is 46.9 Å². The van der Waals surface area contributed by atoms with Crippen LogP contribution in [0.25, 0.3) is 5.57 Å². The second-order valence-electron chi connectivity index (χ2n) is 11.9. The fourth-order valence-electron chi connectivity index (χ4n) is 6.06. The summed E-state index contributed by atoms with van der Waals surface area (Å²) < 4.78 is 20.1. The van der Waals surface area contributed by atoms with Gasteiger partial charge in [0.25, 0.3) is 11.6 Å². The van der Waals surface area contributed by atoms with Crippen LogP contribution in [0.1, 0.15) is 63.0 Å². The van der Waals surface area contributed by atoms with Gasteiger partial charge in [0, 0.05) is 33.7 Å². The van der Waals surface area contributed by atoms with Gasteiger partial charge >= 0.3 is 23.9 Å². The van der Waals surface area contributed by atoms with Crippen LogP contribution in [0.15, 0.2) is 67.7 Å². The number of thioether (sulfide) groups is 3. The van der Waals surface area contributed by atoms with Crippen LogP contribution >= 0.6 is 35.3 Å². The molecule has 52 heavy (non-hydrogen) atoms. The van der Waals surface area contributed by atoms with E-state index in [1.54, 1.807) is 47.6 Å². The van der Waals surface area contributed by atoms with Gasteiger partial charge in [-0.25, -0.2) is 19.2 Å². The first-order chi connectivity index (χ1) is 24.7. The molecule has 0 bridgehead atoms. The van der Waals surface area contributed by atoms with E-state index < -0.39 is 44.3 Å². The Labute approximate surface area is 312 Å². The molecule has 13 nitrogen and oxygen atoms in total. The molecule has 0 radical (unpaired) electrons. The molecule has 2 aromatic carbocycles. The van der Waals surface area contributed by atoms with Crippen LogP contribution in [0, 0.1) is 17.0 Å². The molecule has 0 unspecified atom stereocenters. The molecule has 1 amide bonds. The van der Waals surface area contributed by atoms with Gasteiger partial charge in [0.1, 0.15) is 18.8 Å². The number of fused-ring (bicyclic) bond motifs is 3. The molecule has 0 N–H and O–H groups in total. The first-order valence-electron chi connectivity index (χ1n) is 16.4. The first-order valence-corrected chi connectivity index (χ1v) is 18.8. The molecule has 274 valence electrons. The third-order valence-corrected chi connectivity index (χ3v) is 12.8. The Morgan fingerprint density at radius 2 is 1.25 bits per heavy atom. The summed E-state index contributed by atoms with van der Waals surface area (Å²) in [5.74, 6) is -3.85. The van der Waals surface area contributed by atoms with E-state index in [-0.39, 0.29) is 58.0 Å². The number of rotatable bonds is 10. The summed E-state index contributed by atoms with van der Waals surface area (Å²) in [7, 11) is 0. The van der Waals surface area contributed by atoms with E-state index in [0.29, 0.717) is 21.7 Å². The molecule has 0 saturated carbocycles. The highest BCUT2D eigenvalue weighted by atomic mass is 32.2. The number of hydrogen-bond acceptors (Lipinski definition) is 14. The Balaban J connectivity index is 1.86. The SMILES string of the molecule is CCOC(=O)C1=C(C(=O)OCC)SC2(S1)C(C(=O)OCC)=C(C(=O)OCC)SC1=C2c2cc(C)ccc2N(C(=O)c2ccc([N+](=O)[O-])cc2)C1(C)C. The second kappa shape index (κ2) is 15.2. The smallest absolute Gasteiger partial charge is 0.346 e. The number of amides is 1. The molecule has 0 fully saturated rings. The van der Waals surface area contributed by atoms with Crippen LogP contribution in [-0.2, 0) is 38.1 Å². The van der Waals surface area contributed by atoms with Gasteiger partial charge in [-0.2, -0.15) is 0 Å². The summed E-state index contributed by atoms with van der Waals surface area (Å²) in [5, 5.41) is 11.4. The summed E-state index contributed by atoms with van der Waals surface area (Å²) in [6.07, 6.45) is 0. The molecule has 0 aliphatic carbocycles. The third kappa shape index (κ3) is 6.63. The standard InChI is InChI=1S/C36H36N2O11S3/c1-8-46-31(40)25-26(32(41)47-9-2)50-29-24(36(25)51-27(33(42)48-10-3)28(52-36)34(43)49-11-4)22-18-19(5)12-17-23(22)37(35(29,6)7)30(39)20-13-15-21(16-14-20)38(44)45/h12-18H,8-11H2,1-7H3. The van der Waals surface area contributed by atoms with Crippen molar-refractivity contribution in [2.45, 2.75) is 58.1 Å². The number of anilines is 1. The van der Waals surface area contributed by atoms with Crippen LogP contribution in [-0.4, -0.2) is 70.8 Å². The predicted octanol–water partition coefficient (Wildman–Crippen LogP) is 6.69. The molecule has 0 saturated heterocycles. The molecule has 16 heteroatoms. The molecule has 0 aromatic heterocycles. The number of hydrogen-bond donors (Lipinski definition) is 0. The summed E-state index contributed by atoms with van der Waals surface area (Å²) in [4.78, 5) is 82.3. The third-order valence-electron chi connectivity index (χ3n) is 8.18. The number of esters is 4. The molecule has 3 heterocycles. The minimum atomic E-state index is -1.72. The lowest BCUT2D eigenvalue weighted by atomic mass is 9.82. The Morgan fingerprint density at radius 3 is 1.75 bits per heavy atom. The number of carbonyl (C=O) groups is 5. The number of nitrogens with zero attached hydrogens (tertiary/aromatic N) is 2. The first kappa shape index (κ1) is 38.7. The fourth-order valence-corrected chi connectivity index (χ4v) is 11.0. The summed E-state index contributed by atoms with van der Waals surface area (Å²) >= 11 is 2.70. The van der Waals surface area contributed by atoms with E-state index in [0.717, 1.165) is 40.8 Å². The van der Waals surface area contributed by atoms with Crippen LogP contribution in [0.5, 0.6) is 0 Å². The monoisotopic (exact) mass is 768 g/mol. The van der Waals surface area contributed by atoms with Gasteiger partial charge in [-0.15, -0.1) is 0 Å². The highest BCUT2D eigenvalue weighted by Gasteiger charge is 2.62. The van der Waals surface area contributed by atoms with Gasteiger partial charge in [0.2, 0.25) is 0 Å². The van der Waals surface area contributed by atoms with E-state index in [1.807, 2.05) is 19.1 Å². The topological polar surface area (TPSA) is 169 Å². The molecule has 1 spiro atoms. The number of nitro groups is 1. The normalized spacial score (nSPS) is 17.0. The van der Waals surface area contributed by atoms with E-state index in [4.69, 9.17) is 18.9 Å². The molecule has 3 aliphatic heterocycles. The van der Waals surface area contributed by atoms with E-state index in [1.165, 1.54) is 29.2 Å². The largest absolute Gasteiger partial charge is 0.463 e. The number of non-ortho nitro benzene ring substituents is 1. The lowest BCUT2D eigenvalue weighted by Gasteiger charge is -2.50. The van der Waals surface area contributed by atoms with E-state index in [2.05, 4.69) is 0 Å². The van der Waals surface area contributed by atoms with Crippen LogP contribution < -0.4 is 4.90 Å². The Hall–Kier alpha value is -4.54. The lowest BCUT2D eigenvalue weighted by Crippen LogP contribution is -2.53. The maximum absolute atomic E-state index is 14.5. The van der Waals surface area contributed by atoms with Crippen molar-refractivity contribution in [2.75, 3.05) is 31.3 Å². The van der Waals surface area contributed by atoms with Crippen LogP contribution in [0.3, 0.4) is 0 Å². The maximum atomic E-state index is 14.5. The quantitative estimate of drug-likeness (QED) is 0.108. The number of aryl methyl sites for hydroxylation is 1. The van der Waals surface area contributed by atoms with Crippen molar-refractivity contribution < 1.29 is 47.8 Å². The molecule has 2 aromatic rings. The van der Waals surface area contributed by atoms with Crippen molar-refractivity contribution in [3.63, 3.8) is 0 Å². The van der Waals surface area contributed by atoms with Gasteiger partial charge in [-0.05, 0) is 72.7 Å². The van der Waals surface area contributed by atoms with Crippen molar-refractivity contribution in [3.05, 3.63) is 94.5 Å². The maximum Gasteiger partial charge on any atom is 0.346 e. The van der Waals surface area contributed by atoms with E-state index >= 15 is 0 Å².